The Balaban J connectivity index is 0.000000362. The highest BCUT2D eigenvalue weighted by molar-refractivity contribution is 14.1. The largest absolute Gasteiger partial charge is 0.364 e. The Labute approximate surface area is 127 Å². The van der Waals surface area contributed by atoms with E-state index < -0.39 is 0 Å². The first-order valence-electron chi connectivity index (χ1n) is 6.16. The van der Waals surface area contributed by atoms with Gasteiger partial charge in [-0.25, -0.2) is 0 Å². The molecule has 6 nitrogen and oxygen atoms in total. The van der Waals surface area contributed by atoms with Gasteiger partial charge >= 0.3 is 0 Å². The Kier molecular flexibility index (Phi) is 10.1. The quantitative estimate of drug-likeness (QED) is 0.326. The van der Waals surface area contributed by atoms with Crippen molar-refractivity contribution in [3.8, 4) is 6.07 Å². The van der Waals surface area contributed by atoms with Gasteiger partial charge in [0.25, 0.3) is 0 Å². The summed E-state index contributed by atoms with van der Waals surface area (Å²) in [6, 6.07) is 2.40. The molecular weight excluding hydrogens is 359 g/mol. The maximum Gasteiger partial charge on any atom is 0.155 e. The van der Waals surface area contributed by atoms with E-state index in [9.17, 15) is 4.91 Å². The minimum Gasteiger partial charge on any atom is -0.364 e. The summed E-state index contributed by atoms with van der Waals surface area (Å²) in [6.45, 7) is 6.64. The molecule has 0 radical (unpaired) electrons. The number of nitrogens with zero attached hydrogens (tertiary/aromatic N) is 4. The Morgan fingerprint density at radius 1 is 1.58 bits per heavy atom. The van der Waals surface area contributed by atoms with Gasteiger partial charge < -0.3 is 4.84 Å². The van der Waals surface area contributed by atoms with Gasteiger partial charge in [-0.05, 0) is 42.9 Å². The van der Waals surface area contributed by atoms with Crippen LogP contribution in [0.3, 0.4) is 0 Å². The molecule has 0 fully saturated rings. The second-order valence-electron chi connectivity index (χ2n) is 4.11. The van der Waals surface area contributed by atoms with E-state index in [1.807, 2.05) is 18.5 Å². The van der Waals surface area contributed by atoms with Crippen LogP contribution in [0.25, 0.3) is 0 Å². The molecular formula is C12H19IN4O2. The van der Waals surface area contributed by atoms with Crippen molar-refractivity contribution >= 4 is 22.6 Å². The summed E-state index contributed by atoms with van der Waals surface area (Å²) in [5.74, 6) is 0. The van der Waals surface area contributed by atoms with Gasteiger partial charge in [0.1, 0.15) is 21.9 Å². The van der Waals surface area contributed by atoms with Crippen molar-refractivity contribution < 1.29 is 4.84 Å². The molecule has 1 aromatic rings. The first-order chi connectivity index (χ1) is 9.08. The first kappa shape index (κ1) is 17.8. The van der Waals surface area contributed by atoms with Crippen LogP contribution in [0.15, 0.2) is 11.5 Å². The molecule has 0 aromatic carbocycles. The van der Waals surface area contributed by atoms with Crippen molar-refractivity contribution in [3.63, 3.8) is 0 Å². The van der Waals surface area contributed by atoms with E-state index in [0.717, 1.165) is 23.0 Å². The molecule has 0 aliphatic rings. The molecule has 0 N–H and O–H groups in total. The molecule has 1 heterocycles. The Morgan fingerprint density at radius 2 is 2.26 bits per heavy atom. The van der Waals surface area contributed by atoms with Crippen LogP contribution in [0.2, 0.25) is 0 Å². The monoisotopic (exact) mass is 378 g/mol. The molecule has 0 aliphatic carbocycles. The van der Waals surface area contributed by atoms with E-state index in [2.05, 4.69) is 50.9 Å². The molecule has 0 amide bonds. The Morgan fingerprint density at radius 3 is 2.63 bits per heavy atom. The summed E-state index contributed by atoms with van der Waals surface area (Å²) in [7, 11) is 0. The van der Waals surface area contributed by atoms with E-state index >= 15 is 0 Å². The van der Waals surface area contributed by atoms with Crippen LogP contribution in [-0.2, 0) is 4.84 Å². The molecule has 106 valence electrons. The van der Waals surface area contributed by atoms with Gasteiger partial charge in [-0.15, -0.1) is 4.91 Å². The van der Waals surface area contributed by atoms with Gasteiger partial charge in [-0.1, -0.05) is 19.8 Å². The molecule has 1 aromatic heterocycles. The van der Waals surface area contributed by atoms with Crippen LogP contribution in [0.1, 0.15) is 51.6 Å². The minimum atomic E-state index is 0.323. The lowest BCUT2D eigenvalue weighted by Gasteiger charge is -2.05. The minimum absolute atomic E-state index is 0.323. The number of hydrogen-bond donors (Lipinski definition) is 0. The van der Waals surface area contributed by atoms with Crippen molar-refractivity contribution in [2.45, 2.75) is 46.1 Å². The Bertz CT molecular complexity index is 412. The van der Waals surface area contributed by atoms with Gasteiger partial charge in [0.05, 0.1) is 6.20 Å². The fourth-order valence-electron chi connectivity index (χ4n) is 1.24. The van der Waals surface area contributed by atoms with Crippen LogP contribution in [0, 0.1) is 19.9 Å². The third kappa shape index (κ3) is 7.10. The predicted molar refractivity (Wildman–Crippen MR) is 81.3 cm³/mol. The average Bonchev–Trinajstić information content (AvgIpc) is 2.77. The molecule has 0 bridgehead atoms. The zero-order chi connectivity index (χ0) is 14.7. The number of nitriles is 1. The summed E-state index contributed by atoms with van der Waals surface area (Å²) < 4.78 is 2.75. The van der Waals surface area contributed by atoms with Gasteiger partial charge in [0.2, 0.25) is 0 Å². The standard InChI is InChI=1S/C7H8IN3.C5H11NO2/c1-5(2)11-7(8)6(3-9)4-10-11;1-2-3-4-5-8-6-7/h4-5H,1-2H3;2-5H2,1H3. The summed E-state index contributed by atoms with van der Waals surface area (Å²) >= 11 is 2.13. The second kappa shape index (κ2) is 10.7. The smallest absolute Gasteiger partial charge is 0.155 e. The van der Waals surface area contributed by atoms with Crippen LogP contribution in [0.4, 0.5) is 0 Å². The topological polar surface area (TPSA) is 80.3 Å². The van der Waals surface area contributed by atoms with Crippen molar-refractivity contribution in [2.75, 3.05) is 6.61 Å². The molecule has 0 saturated heterocycles. The molecule has 0 spiro atoms. The second-order valence-corrected chi connectivity index (χ2v) is 5.14. The molecule has 0 unspecified atom stereocenters. The van der Waals surface area contributed by atoms with Crippen LogP contribution in [0.5, 0.6) is 0 Å². The summed E-state index contributed by atoms with van der Waals surface area (Å²) in [5, 5.41) is 14.9. The first-order valence-corrected chi connectivity index (χ1v) is 7.24. The molecule has 1 rings (SSSR count). The highest BCUT2D eigenvalue weighted by atomic mass is 127. The number of halogens is 1. The number of aromatic nitrogens is 2. The summed E-state index contributed by atoms with van der Waals surface area (Å²) in [5.41, 5.74) is 0.652. The van der Waals surface area contributed by atoms with E-state index in [1.54, 1.807) is 6.20 Å². The maximum atomic E-state index is 9.30. The van der Waals surface area contributed by atoms with Crippen LogP contribution >= 0.6 is 22.6 Å². The van der Waals surface area contributed by atoms with Crippen molar-refractivity contribution in [1.29, 1.82) is 5.26 Å². The lowest BCUT2D eigenvalue weighted by Crippen LogP contribution is -2.04. The normalized spacial score (nSPS) is 9.47. The highest BCUT2D eigenvalue weighted by Crippen LogP contribution is 2.14. The van der Waals surface area contributed by atoms with Crippen molar-refractivity contribution in [3.05, 3.63) is 20.4 Å². The average molecular weight is 378 g/mol. The number of unbranched alkanes of at least 4 members (excludes halogenated alkanes) is 2. The lowest BCUT2D eigenvalue weighted by molar-refractivity contribution is 0.135. The van der Waals surface area contributed by atoms with Crippen LogP contribution < -0.4 is 0 Å². The van der Waals surface area contributed by atoms with Crippen molar-refractivity contribution in [2.24, 2.45) is 5.34 Å². The zero-order valence-corrected chi connectivity index (χ0v) is 13.6. The predicted octanol–water partition coefficient (Wildman–Crippen LogP) is 3.81. The third-order valence-corrected chi connectivity index (χ3v) is 3.31. The lowest BCUT2D eigenvalue weighted by atomic mass is 10.3. The zero-order valence-electron chi connectivity index (χ0n) is 11.5. The number of hydrogen-bond acceptors (Lipinski definition) is 5. The fraction of sp³-hybridized carbons (Fsp3) is 0.667. The van der Waals surface area contributed by atoms with Gasteiger partial charge in [-0.2, -0.15) is 10.4 Å². The SMILES string of the molecule is CC(C)n1ncc(C#N)c1I.CCCCCON=O. The van der Waals surface area contributed by atoms with E-state index in [-0.39, 0.29) is 0 Å². The van der Waals surface area contributed by atoms with E-state index in [1.165, 1.54) is 0 Å². The Hall–Kier alpha value is -1.17. The summed E-state index contributed by atoms with van der Waals surface area (Å²) in [4.78, 5) is 13.5. The molecule has 0 aliphatic heterocycles. The number of rotatable bonds is 6. The van der Waals surface area contributed by atoms with Gasteiger partial charge in [0, 0.05) is 6.04 Å². The molecule has 0 atom stereocenters. The summed E-state index contributed by atoms with van der Waals surface area (Å²) in [6.07, 6.45) is 4.78. The van der Waals surface area contributed by atoms with Crippen molar-refractivity contribution in [1.82, 2.24) is 9.78 Å². The molecule has 0 saturated carbocycles. The molecule has 7 heteroatoms. The highest BCUT2D eigenvalue weighted by Gasteiger charge is 2.08. The van der Waals surface area contributed by atoms with Gasteiger partial charge in [0.15, 0.2) is 5.34 Å². The van der Waals surface area contributed by atoms with Gasteiger partial charge in [-0.3, -0.25) is 4.68 Å². The molecule has 19 heavy (non-hydrogen) atoms. The van der Waals surface area contributed by atoms with Crippen LogP contribution in [-0.4, -0.2) is 16.4 Å². The maximum absolute atomic E-state index is 9.30. The van der Waals surface area contributed by atoms with E-state index in [4.69, 9.17) is 5.26 Å². The fourth-order valence-corrected chi connectivity index (χ4v) is 2.18. The van der Waals surface area contributed by atoms with E-state index in [0.29, 0.717) is 18.2 Å². The third-order valence-electron chi connectivity index (χ3n) is 2.24.